The van der Waals surface area contributed by atoms with Crippen LogP contribution in [0.5, 0.6) is 0 Å². The quantitative estimate of drug-likeness (QED) is 0.789. The van der Waals surface area contributed by atoms with Crippen LogP contribution in [0.3, 0.4) is 0 Å². The van der Waals surface area contributed by atoms with Gasteiger partial charge in [-0.3, -0.25) is 4.79 Å². The molecule has 1 unspecified atom stereocenters. The minimum atomic E-state index is -0.352. The Kier molecular flexibility index (Phi) is 4.20. The summed E-state index contributed by atoms with van der Waals surface area (Å²) in [6.45, 7) is 1.25. The van der Waals surface area contributed by atoms with Gasteiger partial charge in [0.1, 0.15) is 0 Å². The van der Waals surface area contributed by atoms with Gasteiger partial charge in [-0.25, -0.2) is 0 Å². The van der Waals surface area contributed by atoms with Gasteiger partial charge in [-0.1, -0.05) is 12.1 Å². The fraction of sp³-hybridized carbons (Fsp3) is 0.500. The normalized spacial score (nSPS) is 19.8. The van der Waals surface area contributed by atoms with E-state index >= 15 is 0 Å². The number of hydrogen-bond acceptors (Lipinski definition) is 3. The van der Waals surface area contributed by atoms with Crippen LogP contribution in [0.15, 0.2) is 24.3 Å². The predicted molar refractivity (Wildman–Crippen MR) is 71.0 cm³/mol. The van der Waals surface area contributed by atoms with Crippen molar-refractivity contribution in [3.05, 3.63) is 29.8 Å². The molecule has 0 aliphatic carbocycles. The number of piperidine rings is 1. The number of hydrogen-bond donors (Lipinski definition) is 2. The summed E-state index contributed by atoms with van der Waals surface area (Å²) in [4.78, 5) is 13.7. The van der Waals surface area contributed by atoms with Crippen molar-refractivity contribution < 1.29 is 9.90 Å². The lowest BCUT2D eigenvalue weighted by molar-refractivity contribution is -0.134. The summed E-state index contributed by atoms with van der Waals surface area (Å²) in [6.07, 6.45) is 2.53. The topological polar surface area (TPSA) is 66.6 Å². The monoisotopic (exact) mass is 248 g/mol. The van der Waals surface area contributed by atoms with E-state index in [2.05, 4.69) is 0 Å². The first kappa shape index (κ1) is 12.9. The summed E-state index contributed by atoms with van der Waals surface area (Å²) >= 11 is 0. The molecule has 2 rings (SSSR count). The fourth-order valence-electron chi connectivity index (χ4n) is 2.34. The number of carbonyl (C=O) groups is 1. The van der Waals surface area contributed by atoms with Gasteiger partial charge in [0, 0.05) is 25.2 Å². The number of nitrogen functional groups attached to an aromatic ring is 1. The van der Waals surface area contributed by atoms with Gasteiger partial charge in [-0.2, -0.15) is 0 Å². The second-order valence-corrected chi connectivity index (χ2v) is 4.88. The molecule has 1 aliphatic rings. The Morgan fingerprint density at radius 1 is 1.50 bits per heavy atom. The SMILES string of the molecule is Nc1cccc(CCC(=O)N2CCCC(O)C2)c1. The van der Waals surface area contributed by atoms with Gasteiger partial charge < -0.3 is 15.7 Å². The number of benzene rings is 1. The molecule has 98 valence electrons. The molecule has 3 N–H and O–H groups in total. The molecule has 4 heteroatoms. The van der Waals surface area contributed by atoms with E-state index in [0.717, 1.165) is 30.6 Å². The summed E-state index contributed by atoms with van der Waals surface area (Å²) in [5, 5.41) is 9.54. The molecule has 18 heavy (non-hydrogen) atoms. The zero-order valence-corrected chi connectivity index (χ0v) is 10.5. The second kappa shape index (κ2) is 5.87. The first-order valence-corrected chi connectivity index (χ1v) is 6.45. The summed E-state index contributed by atoms with van der Waals surface area (Å²) in [6, 6.07) is 7.62. The average Bonchev–Trinajstić information content (AvgIpc) is 2.36. The maximum absolute atomic E-state index is 12.0. The first-order valence-electron chi connectivity index (χ1n) is 6.45. The van der Waals surface area contributed by atoms with Crippen molar-refractivity contribution in [1.82, 2.24) is 4.90 Å². The number of β-amino-alcohol motifs (C(OH)–C–C–N with tert-alkyl or cyclic N) is 1. The summed E-state index contributed by atoms with van der Waals surface area (Å²) in [5.41, 5.74) is 7.51. The van der Waals surface area contributed by atoms with Crippen LogP contribution in [0.25, 0.3) is 0 Å². The Labute approximate surface area is 107 Å². The number of nitrogens with two attached hydrogens (primary N) is 1. The van der Waals surface area contributed by atoms with Gasteiger partial charge in [0.05, 0.1) is 6.10 Å². The van der Waals surface area contributed by atoms with Crippen molar-refractivity contribution in [2.24, 2.45) is 0 Å². The highest BCUT2D eigenvalue weighted by molar-refractivity contribution is 5.76. The molecule has 0 spiro atoms. The molecule has 4 nitrogen and oxygen atoms in total. The van der Waals surface area contributed by atoms with E-state index in [1.807, 2.05) is 24.3 Å². The average molecular weight is 248 g/mol. The Morgan fingerprint density at radius 2 is 2.33 bits per heavy atom. The molecule has 1 fully saturated rings. The molecular formula is C14H20N2O2. The van der Waals surface area contributed by atoms with Gasteiger partial charge in [0.25, 0.3) is 0 Å². The van der Waals surface area contributed by atoms with Crippen LogP contribution in [0.1, 0.15) is 24.8 Å². The number of aliphatic hydroxyl groups is 1. The predicted octanol–water partition coefficient (Wildman–Crippen LogP) is 1.18. The highest BCUT2D eigenvalue weighted by Gasteiger charge is 2.21. The standard InChI is InChI=1S/C14H20N2O2/c15-12-4-1-3-11(9-12)6-7-14(18)16-8-2-5-13(17)10-16/h1,3-4,9,13,17H,2,5-8,10,15H2. The number of aliphatic hydroxyl groups excluding tert-OH is 1. The second-order valence-electron chi connectivity index (χ2n) is 4.88. The third-order valence-corrected chi connectivity index (χ3v) is 3.33. The van der Waals surface area contributed by atoms with Crippen molar-refractivity contribution in [3.8, 4) is 0 Å². The molecule has 0 aromatic heterocycles. The van der Waals surface area contributed by atoms with Gasteiger partial charge in [-0.05, 0) is 37.0 Å². The maximum atomic E-state index is 12.0. The van der Waals surface area contributed by atoms with E-state index in [0.29, 0.717) is 19.4 Å². The lowest BCUT2D eigenvalue weighted by Crippen LogP contribution is -2.42. The van der Waals surface area contributed by atoms with E-state index < -0.39 is 0 Å². The van der Waals surface area contributed by atoms with Crippen molar-refractivity contribution in [2.45, 2.75) is 31.8 Å². The molecule has 0 radical (unpaired) electrons. The lowest BCUT2D eigenvalue weighted by Gasteiger charge is -2.30. The third-order valence-electron chi connectivity index (χ3n) is 3.33. The molecule has 1 atom stereocenters. The number of likely N-dealkylation sites (tertiary alicyclic amines) is 1. The number of nitrogens with zero attached hydrogens (tertiary/aromatic N) is 1. The smallest absolute Gasteiger partial charge is 0.222 e. The van der Waals surface area contributed by atoms with Crippen molar-refractivity contribution in [1.29, 1.82) is 0 Å². The van der Waals surface area contributed by atoms with Crippen molar-refractivity contribution >= 4 is 11.6 Å². The van der Waals surface area contributed by atoms with Gasteiger partial charge in [0.15, 0.2) is 0 Å². The van der Waals surface area contributed by atoms with Crippen LogP contribution < -0.4 is 5.73 Å². The van der Waals surface area contributed by atoms with Gasteiger partial charge >= 0.3 is 0 Å². The number of aryl methyl sites for hydroxylation is 1. The van der Waals surface area contributed by atoms with Crippen molar-refractivity contribution in [3.63, 3.8) is 0 Å². The third kappa shape index (κ3) is 3.47. The summed E-state index contributed by atoms with van der Waals surface area (Å²) in [7, 11) is 0. The van der Waals surface area contributed by atoms with Crippen molar-refractivity contribution in [2.75, 3.05) is 18.8 Å². The Bertz CT molecular complexity index is 420. The number of rotatable bonds is 3. The molecule has 1 amide bonds. The van der Waals surface area contributed by atoms with E-state index in [1.165, 1.54) is 0 Å². The maximum Gasteiger partial charge on any atom is 0.222 e. The molecule has 1 aliphatic heterocycles. The number of carbonyl (C=O) groups excluding carboxylic acids is 1. The Balaban J connectivity index is 1.84. The fourth-order valence-corrected chi connectivity index (χ4v) is 2.34. The van der Waals surface area contributed by atoms with E-state index in [9.17, 15) is 9.90 Å². The molecule has 1 aromatic carbocycles. The highest BCUT2D eigenvalue weighted by atomic mass is 16.3. The van der Waals surface area contributed by atoms with Crippen LogP contribution >= 0.6 is 0 Å². The molecule has 0 bridgehead atoms. The van der Waals surface area contributed by atoms with E-state index in [-0.39, 0.29) is 12.0 Å². The van der Waals surface area contributed by atoms with Crippen LogP contribution in [0, 0.1) is 0 Å². The van der Waals surface area contributed by atoms with Crippen LogP contribution in [-0.4, -0.2) is 35.1 Å². The Morgan fingerprint density at radius 3 is 3.06 bits per heavy atom. The van der Waals surface area contributed by atoms with Crippen LogP contribution in [-0.2, 0) is 11.2 Å². The zero-order valence-electron chi connectivity index (χ0n) is 10.5. The number of amides is 1. The van der Waals surface area contributed by atoms with Crippen LogP contribution in [0.4, 0.5) is 5.69 Å². The largest absolute Gasteiger partial charge is 0.399 e. The molecule has 1 saturated heterocycles. The molecule has 1 aromatic rings. The summed E-state index contributed by atoms with van der Waals surface area (Å²) in [5.74, 6) is 0.121. The van der Waals surface area contributed by atoms with Gasteiger partial charge in [-0.15, -0.1) is 0 Å². The van der Waals surface area contributed by atoms with E-state index in [4.69, 9.17) is 5.73 Å². The molecule has 0 saturated carbocycles. The molecular weight excluding hydrogens is 228 g/mol. The summed E-state index contributed by atoms with van der Waals surface area (Å²) < 4.78 is 0. The highest BCUT2D eigenvalue weighted by Crippen LogP contribution is 2.13. The molecule has 1 heterocycles. The van der Waals surface area contributed by atoms with Crippen LogP contribution in [0.2, 0.25) is 0 Å². The lowest BCUT2D eigenvalue weighted by atomic mass is 10.1. The van der Waals surface area contributed by atoms with Gasteiger partial charge in [0.2, 0.25) is 5.91 Å². The minimum absolute atomic E-state index is 0.121. The zero-order chi connectivity index (χ0) is 13.0. The first-order chi connectivity index (χ1) is 8.65. The van der Waals surface area contributed by atoms with E-state index in [1.54, 1.807) is 4.90 Å². The number of anilines is 1. The minimum Gasteiger partial charge on any atom is -0.399 e. The Hall–Kier alpha value is -1.55.